The highest BCUT2D eigenvalue weighted by molar-refractivity contribution is 5.95. The molecule has 0 atom stereocenters. The Hall–Kier alpha value is -2.47. The summed E-state index contributed by atoms with van der Waals surface area (Å²) in [6.45, 7) is 13.8. The Morgan fingerprint density at radius 1 is 1.09 bits per heavy atom. The topological polar surface area (TPSA) is 58.6 Å². The molecule has 1 amide bonds. The van der Waals surface area contributed by atoms with Crippen LogP contribution in [0.3, 0.4) is 0 Å². The average molecular weight is 479 g/mol. The highest BCUT2D eigenvalue weighted by Crippen LogP contribution is 2.39. The van der Waals surface area contributed by atoms with E-state index in [1.807, 2.05) is 18.7 Å². The Morgan fingerprint density at radius 2 is 1.86 bits per heavy atom. The summed E-state index contributed by atoms with van der Waals surface area (Å²) in [6, 6.07) is 8.52. The summed E-state index contributed by atoms with van der Waals surface area (Å²) in [7, 11) is 0. The first-order valence-electron chi connectivity index (χ1n) is 13.4. The largest absolute Gasteiger partial charge is 0.492 e. The minimum absolute atomic E-state index is 0.0783. The van der Waals surface area contributed by atoms with Crippen molar-refractivity contribution in [1.82, 2.24) is 19.8 Å². The summed E-state index contributed by atoms with van der Waals surface area (Å²) in [4.78, 5) is 26.6. The number of aryl methyl sites for hydroxylation is 3. The second-order valence-electron chi connectivity index (χ2n) is 11.0. The highest BCUT2D eigenvalue weighted by Gasteiger charge is 2.37. The molecule has 3 heterocycles. The van der Waals surface area contributed by atoms with Gasteiger partial charge in [0.1, 0.15) is 18.2 Å². The van der Waals surface area contributed by atoms with E-state index in [0.29, 0.717) is 17.3 Å². The van der Waals surface area contributed by atoms with Crippen molar-refractivity contribution in [3.63, 3.8) is 0 Å². The van der Waals surface area contributed by atoms with Crippen LogP contribution in [0.1, 0.15) is 73.4 Å². The maximum absolute atomic E-state index is 13.3. The fourth-order valence-electron chi connectivity index (χ4n) is 5.81. The van der Waals surface area contributed by atoms with E-state index in [-0.39, 0.29) is 11.3 Å². The normalized spacial score (nSPS) is 19.5. The van der Waals surface area contributed by atoms with Gasteiger partial charge in [0.15, 0.2) is 0 Å². The SMILES string of the molecule is Cc1ncc(C(=O)N2CCC3(CCCCc4ccccc4OCCN(CC(C)C)C3)CC2)c(C)n1. The Bertz CT molecular complexity index is 998. The van der Waals surface area contributed by atoms with E-state index >= 15 is 0 Å². The van der Waals surface area contributed by atoms with E-state index in [0.717, 1.165) is 70.0 Å². The molecule has 6 heteroatoms. The van der Waals surface area contributed by atoms with Crippen molar-refractivity contribution >= 4 is 5.91 Å². The van der Waals surface area contributed by atoms with Crippen molar-refractivity contribution < 1.29 is 9.53 Å². The summed E-state index contributed by atoms with van der Waals surface area (Å²) in [6.07, 6.45) is 8.48. The quantitative estimate of drug-likeness (QED) is 0.616. The van der Waals surface area contributed by atoms with Gasteiger partial charge in [0, 0.05) is 38.9 Å². The number of piperidine rings is 1. The lowest BCUT2D eigenvalue weighted by molar-refractivity contribution is 0.0354. The number of nitrogens with zero attached hydrogens (tertiary/aromatic N) is 4. The van der Waals surface area contributed by atoms with E-state index in [9.17, 15) is 4.79 Å². The Morgan fingerprint density at radius 3 is 2.60 bits per heavy atom. The predicted octanol–water partition coefficient (Wildman–Crippen LogP) is 5.08. The lowest BCUT2D eigenvalue weighted by Gasteiger charge is -2.45. The van der Waals surface area contributed by atoms with Gasteiger partial charge in [-0.2, -0.15) is 0 Å². The van der Waals surface area contributed by atoms with Gasteiger partial charge in [-0.05, 0) is 68.9 Å². The van der Waals surface area contributed by atoms with E-state index in [1.54, 1.807) is 6.20 Å². The molecule has 4 rings (SSSR count). The number of para-hydroxylation sites is 1. The fraction of sp³-hybridized carbons (Fsp3) is 0.621. The molecule has 1 fully saturated rings. The molecular formula is C29H42N4O2. The molecule has 2 aromatic rings. The number of carbonyl (C=O) groups excluding carboxylic acids is 1. The Balaban J connectivity index is 1.47. The molecule has 6 nitrogen and oxygen atoms in total. The molecule has 0 unspecified atom stereocenters. The molecule has 1 spiro atoms. The van der Waals surface area contributed by atoms with Crippen molar-refractivity contribution in [1.29, 1.82) is 0 Å². The summed E-state index contributed by atoms with van der Waals surface area (Å²) in [5.74, 6) is 2.45. The van der Waals surface area contributed by atoms with Gasteiger partial charge in [-0.25, -0.2) is 9.97 Å². The van der Waals surface area contributed by atoms with Crippen molar-refractivity contribution in [2.45, 2.75) is 66.2 Å². The molecule has 2 aliphatic rings. The lowest BCUT2D eigenvalue weighted by atomic mass is 9.73. The van der Waals surface area contributed by atoms with Gasteiger partial charge in [-0.15, -0.1) is 0 Å². The molecule has 0 N–H and O–H groups in total. The third-order valence-electron chi connectivity index (χ3n) is 7.66. The van der Waals surface area contributed by atoms with Crippen molar-refractivity contribution in [2.75, 3.05) is 39.3 Å². The van der Waals surface area contributed by atoms with Gasteiger partial charge < -0.3 is 9.64 Å². The molecule has 1 saturated heterocycles. The fourth-order valence-corrected chi connectivity index (χ4v) is 5.81. The number of ether oxygens (including phenoxy) is 1. The molecule has 1 aromatic heterocycles. The number of amides is 1. The maximum Gasteiger partial charge on any atom is 0.257 e. The van der Waals surface area contributed by atoms with E-state index in [1.165, 1.54) is 24.8 Å². The number of hydrogen-bond acceptors (Lipinski definition) is 5. The van der Waals surface area contributed by atoms with Crippen LogP contribution in [-0.2, 0) is 6.42 Å². The number of carbonyl (C=O) groups is 1. The molecule has 0 aliphatic carbocycles. The van der Waals surface area contributed by atoms with Gasteiger partial charge >= 0.3 is 0 Å². The summed E-state index contributed by atoms with van der Waals surface area (Å²) < 4.78 is 6.26. The first-order valence-corrected chi connectivity index (χ1v) is 13.4. The van der Waals surface area contributed by atoms with E-state index in [4.69, 9.17) is 4.74 Å². The minimum Gasteiger partial charge on any atom is -0.492 e. The first-order chi connectivity index (χ1) is 16.8. The highest BCUT2D eigenvalue weighted by atomic mass is 16.5. The van der Waals surface area contributed by atoms with Crippen LogP contribution in [0.4, 0.5) is 0 Å². The number of hydrogen-bond donors (Lipinski definition) is 0. The molecule has 0 bridgehead atoms. The second-order valence-corrected chi connectivity index (χ2v) is 11.0. The molecule has 0 radical (unpaired) electrons. The number of fused-ring (bicyclic) bond motifs is 1. The van der Waals surface area contributed by atoms with Crippen LogP contribution < -0.4 is 4.74 Å². The van der Waals surface area contributed by atoms with Crippen LogP contribution in [-0.4, -0.2) is 65.0 Å². The number of likely N-dealkylation sites (tertiary alicyclic amines) is 1. The van der Waals surface area contributed by atoms with Crippen LogP contribution in [0.2, 0.25) is 0 Å². The number of rotatable bonds is 3. The molecule has 190 valence electrons. The Kier molecular flexibility index (Phi) is 8.42. The zero-order valence-electron chi connectivity index (χ0n) is 22.1. The summed E-state index contributed by atoms with van der Waals surface area (Å²) in [5.41, 5.74) is 3.00. The van der Waals surface area contributed by atoms with Gasteiger partial charge in [0.2, 0.25) is 0 Å². The summed E-state index contributed by atoms with van der Waals surface area (Å²) >= 11 is 0. The van der Waals surface area contributed by atoms with Crippen molar-refractivity contribution in [3.8, 4) is 5.75 Å². The van der Waals surface area contributed by atoms with Crippen molar-refractivity contribution in [2.24, 2.45) is 11.3 Å². The summed E-state index contributed by atoms with van der Waals surface area (Å²) in [5, 5.41) is 0. The average Bonchev–Trinajstić information content (AvgIpc) is 2.82. The zero-order valence-corrected chi connectivity index (χ0v) is 22.1. The molecule has 35 heavy (non-hydrogen) atoms. The van der Waals surface area contributed by atoms with Crippen LogP contribution in [0, 0.1) is 25.2 Å². The van der Waals surface area contributed by atoms with Crippen LogP contribution >= 0.6 is 0 Å². The minimum atomic E-state index is 0.0783. The number of aromatic nitrogens is 2. The first kappa shape index (κ1) is 25.6. The standard InChI is InChI=1S/C29H42N4O2/c1-22(2)20-32-17-18-35-27-11-6-5-9-25(27)10-7-8-12-29(21-32)13-15-33(16-14-29)28(34)26-19-30-24(4)31-23(26)3/h5-6,9,11,19,22H,7-8,10,12-18,20-21H2,1-4H3. The van der Waals surface area contributed by atoms with E-state index in [2.05, 4.69) is 53.0 Å². The Labute approximate surface area is 211 Å². The molecule has 1 aromatic carbocycles. The van der Waals surface area contributed by atoms with Crippen LogP contribution in [0.5, 0.6) is 5.75 Å². The monoisotopic (exact) mass is 478 g/mol. The third-order valence-corrected chi connectivity index (χ3v) is 7.66. The molecule has 0 saturated carbocycles. The number of benzene rings is 1. The van der Waals surface area contributed by atoms with Crippen molar-refractivity contribution in [3.05, 3.63) is 53.1 Å². The third kappa shape index (κ3) is 6.60. The smallest absolute Gasteiger partial charge is 0.257 e. The van der Waals surface area contributed by atoms with Gasteiger partial charge in [-0.3, -0.25) is 9.69 Å². The molecule has 2 aliphatic heterocycles. The predicted molar refractivity (Wildman–Crippen MR) is 140 cm³/mol. The maximum atomic E-state index is 13.3. The van der Waals surface area contributed by atoms with E-state index < -0.39 is 0 Å². The van der Waals surface area contributed by atoms with Crippen LogP contribution in [0.15, 0.2) is 30.5 Å². The van der Waals surface area contributed by atoms with Gasteiger partial charge in [0.05, 0.1) is 11.3 Å². The second kappa shape index (κ2) is 11.5. The van der Waals surface area contributed by atoms with Gasteiger partial charge in [0.25, 0.3) is 5.91 Å². The van der Waals surface area contributed by atoms with Gasteiger partial charge in [-0.1, -0.05) is 38.5 Å². The molecular weight excluding hydrogens is 436 g/mol. The zero-order chi connectivity index (χ0) is 24.8. The van der Waals surface area contributed by atoms with Crippen LogP contribution in [0.25, 0.3) is 0 Å². The lowest BCUT2D eigenvalue weighted by Crippen LogP contribution is -2.49.